The quantitative estimate of drug-likeness (QED) is 0.764. The molecule has 1 aliphatic carbocycles. The number of benzene rings is 1. The van der Waals surface area contributed by atoms with Gasteiger partial charge in [0.2, 0.25) is 0 Å². The standard InChI is InChI=1S/C16H20N4O2S/c21-10-2-1-9-20(14-7-8-14)16(22)17-13-5-3-12(4-6-13)15-11-23-19-18-15/h3-6,11,14,21H,1-2,7-10H2,(H,17,22). The summed E-state index contributed by atoms with van der Waals surface area (Å²) in [5.41, 5.74) is 2.60. The first kappa shape index (κ1) is 15.9. The number of rotatable bonds is 7. The van der Waals surface area contributed by atoms with Gasteiger partial charge in [-0.05, 0) is 49.3 Å². The summed E-state index contributed by atoms with van der Waals surface area (Å²) in [6, 6.07) is 7.91. The molecule has 2 N–H and O–H groups in total. The van der Waals surface area contributed by atoms with E-state index < -0.39 is 0 Å². The van der Waals surface area contributed by atoms with Gasteiger partial charge in [-0.1, -0.05) is 16.6 Å². The number of aliphatic hydroxyl groups excluding tert-OH is 1. The van der Waals surface area contributed by atoms with Gasteiger partial charge in [-0.3, -0.25) is 0 Å². The predicted octanol–water partition coefficient (Wildman–Crippen LogP) is 2.97. The zero-order valence-electron chi connectivity index (χ0n) is 12.8. The number of hydrogen-bond donors (Lipinski definition) is 2. The van der Waals surface area contributed by atoms with E-state index >= 15 is 0 Å². The number of carbonyl (C=O) groups is 1. The summed E-state index contributed by atoms with van der Waals surface area (Å²) in [5.74, 6) is 0. The van der Waals surface area contributed by atoms with E-state index in [-0.39, 0.29) is 12.6 Å². The highest BCUT2D eigenvalue weighted by molar-refractivity contribution is 7.03. The van der Waals surface area contributed by atoms with E-state index in [0.29, 0.717) is 12.6 Å². The Morgan fingerprint density at radius 3 is 2.70 bits per heavy atom. The van der Waals surface area contributed by atoms with Gasteiger partial charge in [-0.15, -0.1) is 5.10 Å². The number of carbonyl (C=O) groups excluding carboxylic acids is 1. The smallest absolute Gasteiger partial charge is 0.322 e. The van der Waals surface area contributed by atoms with Crippen molar-refractivity contribution < 1.29 is 9.90 Å². The van der Waals surface area contributed by atoms with Gasteiger partial charge >= 0.3 is 6.03 Å². The van der Waals surface area contributed by atoms with Gasteiger partial charge in [0, 0.05) is 35.8 Å². The van der Waals surface area contributed by atoms with Gasteiger partial charge in [-0.25, -0.2) is 4.79 Å². The second kappa shape index (κ2) is 7.52. The molecule has 0 bridgehead atoms. The van der Waals surface area contributed by atoms with Crippen LogP contribution in [-0.2, 0) is 0 Å². The molecule has 1 saturated carbocycles. The lowest BCUT2D eigenvalue weighted by Crippen LogP contribution is -2.37. The second-order valence-electron chi connectivity index (χ2n) is 5.65. The molecule has 7 heteroatoms. The number of nitrogens with zero attached hydrogens (tertiary/aromatic N) is 3. The normalized spacial score (nSPS) is 13.8. The van der Waals surface area contributed by atoms with Crippen molar-refractivity contribution in [2.75, 3.05) is 18.5 Å². The molecule has 0 aliphatic heterocycles. The average molecular weight is 332 g/mol. The van der Waals surface area contributed by atoms with Crippen LogP contribution in [0.4, 0.5) is 10.5 Å². The Bertz CT molecular complexity index is 626. The van der Waals surface area contributed by atoms with Crippen LogP contribution in [0.25, 0.3) is 11.3 Å². The summed E-state index contributed by atoms with van der Waals surface area (Å²) in [6.45, 7) is 0.868. The summed E-state index contributed by atoms with van der Waals surface area (Å²) >= 11 is 1.32. The molecule has 1 fully saturated rings. The van der Waals surface area contributed by atoms with Crippen LogP contribution >= 0.6 is 11.5 Å². The molecule has 1 heterocycles. The van der Waals surface area contributed by atoms with Crippen LogP contribution in [0.2, 0.25) is 0 Å². The Balaban J connectivity index is 1.59. The van der Waals surface area contributed by atoms with Crippen LogP contribution in [0.5, 0.6) is 0 Å². The number of aliphatic hydroxyl groups is 1. The van der Waals surface area contributed by atoms with E-state index in [2.05, 4.69) is 14.9 Å². The molecule has 23 heavy (non-hydrogen) atoms. The highest BCUT2D eigenvalue weighted by Crippen LogP contribution is 2.28. The van der Waals surface area contributed by atoms with Crippen molar-refractivity contribution in [3.8, 4) is 11.3 Å². The predicted molar refractivity (Wildman–Crippen MR) is 90.4 cm³/mol. The summed E-state index contributed by atoms with van der Waals surface area (Å²) in [6.07, 6.45) is 3.70. The maximum absolute atomic E-state index is 12.4. The Labute approximate surface area is 139 Å². The first-order valence-electron chi connectivity index (χ1n) is 7.84. The molecule has 1 aromatic carbocycles. The van der Waals surface area contributed by atoms with Crippen molar-refractivity contribution in [2.45, 2.75) is 31.7 Å². The Morgan fingerprint density at radius 2 is 2.09 bits per heavy atom. The molecule has 1 aliphatic rings. The molecule has 0 unspecified atom stereocenters. The molecule has 3 rings (SSSR count). The van der Waals surface area contributed by atoms with Gasteiger partial charge in [0.05, 0.1) is 0 Å². The van der Waals surface area contributed by atoms with Crippen molar-refractivity contribution in [3.63, 3.8) is 0 Å². The van der Waals surface area contributed by atoms with Crippen molar-refractivity contribution in [3.05, 3.63) is 29.6 Å². The van der Waals surface area contributed by atoms with E-state index in [1.54, 1.807) is 0 Å². The van der Waals surface area contributed by atoms with Crippen molar-refractivity contribution in [1.82, 2.24) is 14.5 Å². The third-order valence-electron chi connectivity index (χ3n) is 3.85. The molecule has 122 valence electrons. The zero-order chi connectivity index (χ0) is 16.1. The van der Waals surface area contributed by atoms with E-state index in [9.17, 15) is 4.79 Å². The molecule has 0 spiro atoms. The summed E-state index contributed by atoms with van der Waals surface area (Å²) in [7, 11) is 0. The van der Waals surface area contributed by atoms with Gasteiger partial charge in [0.25, 0.3) is 0 Å². The molecular formula is C16H20N4O2S. The molecular weight excluding hydrogens is 312 g/mol. The lowest BCUT2D eigenvalue weighted by atomic mass is 10.1. The minimum atomic E-state index is -0.0616. The van der Waals surface area contributed by atoms with Crippen molar-refractivity contribution >= 4 is 23.3 Å². The van der Waals surface area contributed by atoms with E-state index in [1.165, 1.54) is 11.5 Å². The van der Waals surface area contributed by atoms with Gasteiger partial charge in [0.15, 0.2) is 0 Å². The van der Waals surface area contributed by atoms with Crippen LogP contribution in [0.15, 0.2) is 29.6 Å². The average Bonchev–Trinajstić information content (AvgIpc) is 3.25. The lowest BCUT2D eigenvalue weighted by Gasteiger charge is -2.22. The minimum Gasteiger partial charge on any atom is -0.396 e. The van der Waals surface area contributed by atoms with Crippen molar-refractivity contribution in [1.29, 1.82) is 0 Å². The number of amides is 2. The van der Waals surface area contributed by atoms with Crippen LogP contribution in [-0.4, -0.2) is 44.8 Å². The van der Waals surface area contributed by atoms with E-state index in [1.807, 2.05) is 34.5 Å². The largest absolute Gasteiger partial charge is 0.396 e. The molecule has 6 nitrogen and oxygen atoms in total. The zero-order valence-corrected chi connectivity index (χ0v) is 13.6. The molecule has 2 amide bonds. The lowest BCUT2D eigenvalue weighted by molar-refractivity contribution is 0.204. The van der Waals surface area contributed by atoms with Crippen LogP contribution < -0.4 is 5.32 Å². The number of anilines is 1. The molecule has 0 atom stereocenters. The number of aromatic nitrogens is 2. The maximum atomic E-state index is 12.4. The maximum Gasteiger partial charge on any atom is 0.322 e. The number of urea groups is 1. The highest BCUT2D eigenvalue weighted by atomic mass is 32.1. The van der Waals surface area contributed by atoms with Gasteiger partial charge < -0.3 is 15.3 Å². The third kappa shape index (κ3) is 4.27. The fourth-order valence-electron chi connectivity index (χ4n) is 2.44. The monoisotopic (exact) mass is 332 g/mol. The fourth-order valence-corrected chi connectivity index (χ4v) is 2.91. The Hall–Kier alpha value is -1.99. The highest BCUT2D eigenvalue weighted by Gasteiger charge is 2.32. The Morgan fingerprint density at radius 1 is 1.30 bits per heavy atom. The summed E-state index contributed by atoms with van der Waals surface area (Å²) in [4.78, 5) is 14.3. The second-order valence-corrected chi connectivity index (χ2v) is 6.26. The number of hydrogen-bond acceptors (Lipinski definition) is 5. The topological polar surface area (TPSA) is 78.4 Å². The van der Waals surface area contributed by atoms with E-state index in [4.69, 9.17) is 5.11 Å². The van der Waals surface area contributed by atoms with Gasteiger partial charge in [0.1, 0.15) is 5.69 Å². The molecule has 0 radical (unpaired) electrons. The summed E-state index contributed by atoms with van der Waals surface area (Å²) < 4.78 is 3.85. The molecule has 0 saturated heterocycles. The van der Waals surface area contributed by atoms with E-state index in [0.717, 1.165) is 42.6 Å². The number of unbranched alkanes of at least 4 members (excludes halogenated alkanes) is 1. The van der Waals surface area contributed by atoms with Crippen molar-refractivity contribution in [2.24, 2.45) is 0 Å². The first-order chi connectivity index (χ1) is 11.3. The van der Waals surface area contributed by atoms with Crippen LogP contribution in [0, 0.1) is 0 Å². The Kier molecular flexibility index (Phi) is 5.19. The third-order valence-corrected chi connectivity index (χ3v) is 4.35. The summed E-state index contributed by atoms with van der Waals surface area (Å²) in [5, 5.41) is 17.8. The first-order valence-corrected chi connectivity index (χ1v) is 8.67. The number of nitrogens with one attached hydrogen (secondary N) is 1. The minimum absolute atomic E-state index is 0.0616. The fraction of sp³-hybridized carbons (Fsp3) is 0.438. The van der Waals surface area contributed by atoms with Gasteiger partial charge in [-0.2, -0.15) is 0 Å². The molecule has 1 aromatic heterocycles. The SMILES string of the molecule is O=C(Nc1ccc(-c2csnn2)cc1)N(CCCCO)C1CC1. The van der Waals surface area contributed by atoms with Crippen LogP contribution in [0.3, 0.4) is 0 Å². The van der Waals surface area contributed by atoms with Crippen LogP contribution in [0.1, 0.15) is 25.7 Å². The molecule has 2 aromatic rings.